The molecule has 0 fully saturated rings. The molecule has 0 radical (unpaired) electrons. The number of thiocarbonyl (C=S) groups is 1. The highest BCUT2D eigenvalue weighted by molar-refractivity contribution is 7.80. The normalized spacial score (nSPS) is 11.2. The summed E-state index contributed by atoms with van der Waals surface area (Å²) in [5.41, 5.74) is -0.166. The largest absolute Gasteiger partial charge is 0.573 e. The molecule has 0 spiro atoms. The van der Waals surface area contributed by atoms with Crippen LogP contribution in [0.4, 0.5) is 40.8 Å². The first kappa shape index (κ1) is 19.7. The van der Waals surface area contributed by atoms with E-state index in [1.807, 2.05) is 0 Å². The molecule has 140 valence electrons. The summed E-state index contributed by atoms with van der Waals surface area (Å²) in [4.78, 5) is 0. The fourth-order valence-corrected chi connectivity index (χ4v) is 1.88. The molecule has 12 heteroatoms. The summed E-state index contributed by atoms with van der Waals surface area (Å²) in [5, 5.41) is 1.22. The van der Waals surface area contributed by atoms with Gasteiger partial charge in [-0.2, -0.15) is 8.78 Å². The zero-order valence-corrected chi connectivity index (χ0v) is 12.9. The van der Waals surface area contributed by atoms with Crippen molar-refractivity contribution >= 4 is 23.1 Å². The monoisotopic (exact) mass is 403 g/mol. The van der Waals surface area contributed by atoms with Gasteiger partial charge in [0.05, 0.1) is 0 Å². The van der Waals surface area contributed by atoms with E-state index in [1.54, 1.807) is 0 Å². The fraction of sp³-hybridized carbons (Fsp3) is 0.0714. The van der Waals surface area contributed by atoms with Crippen LogP contribution in [0.1, 0.15) is 0 Å². The van der Waals surface area contributed by atoms with Crippen molar-refractivity contribution < 1.29 is 44.6 Å². The molecule has 26 heavy (non-hydrogen) atoms. The molecule has 0 unspecified atom stereocenters. The molecule has 0 amide bonds. The van der Waals surface area contributed by atoms with Gasteiger partial charge in [-0.25, -0.2) is 13.2 Å². The quantitative estimate of drug-likeness (QED) is 0.336. The van der Waals surface area contributed by atoms with Gasteiger partial charge in [0.1, 0.15) is 5.75 Å². The minimum absolute atomic E-state index is 0.166. The van der Waals surface area contributed by atoms with E-state index in [9.17, 15) is 35.1 Å². The average molecular weight is 403 g/mol. The highest BCUT2D eigenvalue weighted by Crippen LogP contribution is 2.30. The first-order valence-electron chi connectivity index (χ1n) is 6.35. The highest BCUT2D eigenvalue weighted by atomic mass is 32.1. The van der Waals surface area contributed by atoms with Crippen LogP contribution in [0.2, 0.25) is 0 Å². The maximum Gasteiger partial charge on any atom is 0.573 e. The van der Waals surface area contributed by atoms with Gasteiger partial charge in [-0.05, 0) is 24.4 Å². The first-order chi connectivity index (χ1) is 12.0. The van der Waals surface area contributed by atoms with Gasteiger partial charge in [-0.3, -0.25) is 0 Å². The van der Waals surface area contributed by atoms with Crippen LogP contribution >= 0.6 is 12.2 Å². The Balaban J connectivity index is 2.19. The summed E-state index contributed by atoms with van der Waals surface area (Å²) in [6.45, 7) is 0. The zero-order chi connectivity index (χ0) is 19.6. The van der Waals surface area contributed by atoms with E-state index in [0.29, 0.717) is 0 Å². The summed E-state index contributed by atoms with van der Waals surface area (Å²) >= 11 is 4.54. The Bertz CT molecular complexity index is 827. The number of rotatable bonds is 3. The Morgan fingerprint density at radius 1 is 0.885 bits per heavy atom. The van der Waals surface area contributed by atoms with Gasteiger partial charge in [0, 0.05) is 11.8 Å². The molecule has 2 aromatic carbocycles. The Morgan fingerprint density at radius 2 is 1.42 bits per heavy atom. The SMILES string of the molecule is Fc1c(F)c(F)c(OC(=S)Nc2cccc(OC(F)(F)F)c2)c(F)c1F. The van der Waals surface area contributed by atoms with E-state index in [2.05, 4.69) is 27.0 Å². The molecule has 0 saturated carbocycles. The molecule has 0 aliphatic carbocycles. The van der Waals surface area contributed by atoms with Gasteiger partial charge in [0.15, 0.2) is 0 Å². The van der Waals surface area contributed by atoms with Crippen LogP contribution in [0.15, 0.2) is 24.3 Å². The molecule has 3 nitrogen and oxygen atoms in total. The van der Waals surface area contributed by atoms with Gasteiger partial charge < -0.3 is 14.8 Å². The van der Waals surface area contributed by atoms with E-state index in [1.165, 1.54) is 6.07 Å². The molecule has 2 rings (SSSR count). The maximum atomic E-state index is 13.5. The number of nitrogens with one attached hydrogen (secondary N) is 1. The molecule has 0 saturated heterocycles. The van der Waals surface area contributed by atoms with Crippen LogP contribution in [0, 0.1) is 29.1 Å². The average Bonchev–Trinajstić information content (AvgIpc) is 2.54. The minimum atomic E-state index is -4.97. The van der Waals surface area contributed by atoms with E-state index < -0.39 is 52.1 Å². The molecule has 1 N–H and O–H groups in total. The standard InChI is InChI=1S/C14H5F8NO2S/c15-7-8(16)10(18)12(11(19)9(7)17)24-13(26)23-5-2-1-3-6(4-5)25-14(20,21)22/h1-4H,(H,23,26). The van der Waals surface area contributed by atoms with E-state index >= 15 is 0 Å². The summed E-state index contributed by atoms with van der Waals surface area (Å²) in [7, 11) is 0. The Labute approximate surface area is 145 Å². The lowest BCUT2D eigenvalue weighted by Gasteiger charge is -2.13. The Morgan fingerprint density at radius 3 is 1.96 bits per heavy atom. The molecule has 2 aromatic rings. The number of benzene rings is 2. The van der Waals surface area contributed by atoms with Crippen molar-refractivity contribution in [1.29, 1.82) is 0 Å². The van der Waals surface area contributed by atoms with Gasteiger partial charge >= 0.3 is 6.36 Å². The predicted octanol–water partition coefficient (Wildman–Crippen LogP) is 5.06. The predicted molar refractivity (Wildman–Crippen MR) is 76.2 cm³/mol. The first-order valence-corrected chi connectivity index (χ1v) is 6.76. The van der Waals surface area contributed by atoms with Crippen LogP contribution in [0.3, 0.4) is 0 Å². The van der Waals surface area contributed by atoms with E-state index in [0.717, 1.165) is 18.2 Å². The van der Waals surface area contributed by atoms with E-state index in [-0.39, 0.29) is 5.69 Å². The molecule has 0 heterocycles. The van der Waals surface area contributed by atoms with Crippen LogP contribution in [0.25, 0.3) is 0 Å². The second-order valence-corrected chi connectivity index (χ2v) is 4.86. The van der Waals surface area contributed by atoms with Gasteiger partial charge in [-0.1, -0.05) is 6.07 Å². The summed E-state index contributed by atoms with van der Waals surface area (Å²) in [6.07, 6.45) is -4.97. The third-order valence-corrected chi connectivity index (χ3v) is 2.86. The maximum absolute atomic E-state index is 13.5. The fourth-order valence-electron chi connectivity index (χ4n) is 1.68. The number of hydrogen-bond acceptors (Lipinski definition) is 3. The number of halogens is 8. The summed E-state index contributed by atoms with van der Waals surface area (Å²) in [6, 6.07) is 4.05. The van der Waals surface area contributed by atoms with Crippen molar-refractivity contribution in [2.24, 2.45) is 0 Å². The van der Waals surface area contributed by atoms with Crippen molar-refractivity contribution in [3.8, 4) is 11.5 Å². The smallest absolute Gasteiger partial charge is 0.425 e. The highest BCUT2D eigenvalue weighted by Gasteiger charge is 2.31. The number of anilines is 1. The third kappa shape index (κ3) is 4.50. The van der Waals surface area contributed by atoms with Crippen LogP contribution in [-0.4, -0.2) is 11.5 Å². The molecule has 0 atom stereocenters. The molecular formula is C14H5F8NO2S. The second-order valence-electron chi connectivity index (χ2n) is 4.49. The van der Waals surface area contributed by atoms with Crippen molar-refractivity contribution in [3.63, 3.8) is 0 Å². The molecular weight excluding hydrogens is 398 g/mol. The minimum Gasteiger partial charge on any atom is -0.425 e. The number of ether oxygens (including phenoxy) is 2. The van der Waals surface area contributed by atoms with Crippen molar-refractivity contribution in [2.45, 2.75) is 6.36 Å². The van der Waals surface area contributed by atoms with Crippen LogP contribution in [0.5, 0.6) is 11.5 Å². The number of alkyl halides is 3. The van der Waals surface area contributed by atoms with Gasteiger partial charge in [0.25, 0.3) is 5.17 Å². The van der Waals surface area contributed by atoms with Gasteiger partial charge in [-0.15, -0.1) is 13.2 Å². The Hall–Kier alpha value is -2.63. The van der Waals surface area contributed by atoms with Crippen molar-refractivity contribution in [2.75, 3.05) is 5.32 Å². The topological polar surface area (TPSA) is 30.5 Å². The third-order valence-electron chi connectivity index (χ3n) is 2.68. The van der Waals surface area contributed by atoms with Crippen molar-refractivity contribution in [1.82, 2.24) is 0 Å². The molecule has 0 aromatic heterocycles. The summed E-state index contributed by atoms with van der Waals surface area (Å²) in [5.74, 6) is -13.7. The Kier molecular flexibility index (Phi) is 5.54. The lowest BCUT2D eigenvalue weighted by atomic mass is 10.2. The van der Waals surface area contributed by atoms with E-state index in [4.69, 9.17) is 0 Å². The molecule has 0 aliphatic rings. The lowest BCUT2D eigenvalue weighted by molar-refractivity contribution is -0.274. The summed E-state index contributed by atoms with van der Waals surface area (Å²) < 4.78 is 110. The number of hydrogen-bond donors (Lipinski definition) is 1. The molecule has 0 bridgehead atoms. The lowest BCUT2D eigenvalue weighted by Crippen LogP contribution is -2.20. The molecule has 0 aliphatic heterocycles. The van der Waals surface area contributed by atoms with Crippen LogP contribution < -0.4 is 14.8 Å². The van der Waals surface area contributed by atoms with Crippen LogP contribution in [-0.2, 0) is 0 Å². The van der Waals surface area contributed by atoms with Gasteiger partial charge in [0.2, 0.25) is 34.8 Å². The second kappa shape index (κ2) is 7.32. The van der Waals surface area contributed by atoms with Crippen molar-refractivity contribution in [3.05, 3.63) is 53.4 Å². The zero-order valence-electron chi connectivity index (χ0n) is 12.1.